The highest BCUT2D eigenvalue weighted by Crippen LogP contribution is 2.48. The highest BCUT2D eigenvalue weighted by Gasteiger charge is 2.39. The number of hydrogen-bond acceptors (Lipinski definition) is 1. The number of ether oxygens (including phenoxy) is 1. The zero-order valence-corrected chi connectivity index (χ0v) is 11.0. The molecule has 6 heteroatoms. The van der Waals surface area contributed by atoms with Crippen LogP contribution in [-0.2, 0) is 0 Å². The van der Waals surface area contributed by atoms with Crippen LogP contribution in [0.3, 0.4) is 0 Å². The summed E-state index contributed by atoms with van der Waals surface area (Å²) in [5.41, 5.74) is -1.18. The molecule has 2 fully saturated rings. The van der Waals surface area contributed by atoms with E-state index in [1.54, 1.807) is 0 Å². The van der Waals surface area contributed by atoms with Crippen LogP contribution >= 0.6 is 0 Å². The Labute approximate surface area is 115 Å². The summed E-state index contributed by atoms with van der Waals surface area (Å²) in [6.45, 7) is -4.82. The highest BCUT2D eigenvalue weighted by atomic mass is 19.4. The van der Waals surface area contributed by atoms with E-state index in [1.165, 1.54) is 25.3 Å². The third-order valence-corrected chi connectivity index (χ3v) is 4.67. The van der Waals surface area contributed by atoms with Crippen molar-refractivity contribution in [2.45, 2.75) is 25.7 Å². The summed E-state index contributed by atoms with van der Waals surface area (Å²) >= 11 is 0. The first-order valence-corrected chi connectivity index (χ1v) is 7.05. The molecule has 0 saturated heterocycles. The topological polar surface area (TPSA) is 9.23 Å². The van der Waals surface area contributed by atoms with Crippen molar-refractivity contribution in [3.05, 3.63) is 24.0 Å². The Balaban J connectivity index is 1.62. The Morgan fingerprint density at radius 3 is 2.50 bits per heavy atom. The van der Waals surface area contributed by atoms with Gasteiger partial charge in [0, 0.05) is 6.07 Å². The average molecular weight is 287 g/mol. The molecule has 0 amide bonds. The lowest BCUT2D eigenvalue weighted by Gasteiger charge is -2.22. The number of fused-ring (bicyclic) bond motifs is 2. The normalized spacial score (nSPS) is 28.9. The molecule has 0 spiro atoms. The van der Waals surface area contributed by atoms with E-state index in [-0.39, 0.29) is 5.75 Å². The van der Waals surface area contributed by atoms with Crippen LogP contribution in [0.15, 0.2) is 18.2 Å². The molecule has 0 radical (unpaired) electrons. The number of benzene rings is 1. The Bertz CT molecular complexity index is 502. The van der Waals surface area contributed by atoms with Gasteiger partial charge >= 0.3 is 6.98 Å². The van der Waals surface area contributed by atoms with Crippen LogP contribution in [0.25, 0.3) is 0 Å². The van der Waals surface area contributed by atoms with Gasteiger partial charge in [-0.25, -0.2) is 4.39 Å². The van der Waals surface area contributed by atoms with Gasteiger partial charge in [-0.2, -0.15) is 0 Å². The van der Waals surface area contributed by atoms with E-state index in [9.17, 15) is 17.3 Å². The minimum Gasteiger partial charge on any atom is -0.493 e. The molecule has 0 aromatic heterocycles. The minimum atomic E-state index is -5.30. The fourth-order valence-electron chi connectivity index (χ4n) is 3.65. The zero-order chi connectivity index (χ0) is 14.3. The van der Waals surface area contributed by atoms with Gasteiger partial charge in [0.25, 0.3) is 0 Å². The largest absolute Gasteiger partial charge is 0.512 e. The van der Waals surface area contributed by atoms with Crippen molar-refractivity contribution in [1.29, 1.82) is 0 Å². The molecule has 0 N–H and O–H groups in total. The number of rotatable bonds is 4. The van der Waals surface area contributed by atoms with E-state index >= 15 is 0 Å². The lowest BCUT2D eigenvalue weighted by Crippen LogP contribution is -2.36. The van der Waals surface area contributed by atoms with Gasteiger partial charge in [0.1, 0.15) is 5.75 Å². The second kappa shape index (κ2) is 4.97. The van der Waals surface area contributed by atoms with Gasteiger partial charge in [-0.05, 0) is 43.1 Å². The maximum absolute atomic E-state index is 13.4. The molecule has 2 aliphatic rings. The number of halogens is 4. The van der Waals surface area contributed by atoms with E-state index in [0.29, 0.717) is 18.4 Å². The van der Waals surface area contributed by atoms with E-state index in [4.69, 9.17) is 4.74 Å². The quantitative estimate of drug-likeness (QED) is 0.606. The lowest BCUT2D eigenvalue weighted by molar-refractivity contribution is 0.195. The molecule has 3 atom stereocenters. The maximum Gasteiger partial charge on any atom is 0.512 e. The first-order chi connectivity index (χ1) is 9.43. The molecule has 2 aliphatic carbocycles. The van der Waals surface area contributed by atoms with Crippen LogP contribution in [0.5, 0.6) is 5.75 Å². The molecule has 1 aromatic rings. The van der Waals surface area contributed by atoms with Gasteiger partial charge in [-0.15, -0.1) is 0 Å². The summed E-state index contributed by atoms with van der Waals surface area (Å²) in [6, 6.07) is 2.82. The Morgan fingerprint density at radius 2 is 1.95 bits per heavy atom. The predicted molar refractivity (Wildman–Crippen MR) is 69.5 cm³/mol. The van der Waals surface area contributed by atoms with Gasteiger partial charge in [-0.1, -0.05) is 17.9 Å². The summed E-state index contributed by atoms with van der Waals surface area (Å²) in [6.07, 6.45) is 4.90. The molecule has 110 valence electrons. The second-order valence-corrected chi connectivity index (χ2v) is 6.00. The second-order valence-electron chi connectivity index (χ2n) is 6.00. The predicted octanol–water partition coefficient (Wildman–Crippen LogP) is 3.70. The highest BCUT2D eigenvalue weighted by molar-refractivity contribution is 6.73. The van der Waals surface area contributed by atoms with Crippen LogP contribution in [-0.4, -0.2) is 13.6 Å². The zero-order valence-electron chi connectivity index (χ0n) is 11.0. The third kappa shape index (κ3) is 2.65. The monoisotopic (exact) mass is 287 g/mol. The molecule has 3 unspecified atom stereocenters. The van der Waals surface area contributed by atoms with Gasteiger partial charge in [-0.3, -0.25) is 0 Å². The molecular formula is C14H16BF4O-. The molecule has 3 rings (SSSR count). The summed E-state index contributed by atoms with van der Waals surface area (Å²) in [7, 11) is 0. The SMILES string of the molecule is Fc1cc(OCC2CC3CCC2C3)ccc1[B-](F)(F)F. The molecule has 2 saturated carbocycles. The Hall–Kier alpha value is -1.20. The van der Waals surface area contributed by atoms with Crippen molar-refractivity contribution in [3.63, 3.8) is 0 Å². The van der Waals surface area contributed by atoms with Crippen LogP contribution in [0, 0.1) is 23.6 Å². The van der Waals surface area contributed by atoms with E-state index < -0.39 is 18.3 Å². The smallest absolute Gasteiger partial charge is 0.493 e. The van der Waals surface area contributed by atoms with Crippen molar-refractivity contribution >= 4 is 12.4 Å². The fourth-order valence-corrected chi connectivity index (χ4v) is 3.65. The molecule has 1 nitrogen and oxygen atoms in total. The summed E-state index contributed by atoms with van der Waals surface area (Å²) in [4.78, 5) is 0. The van der Waals surface area contributed by atoms with Crippen molar-refractivity contribution < 1.29 is 22.1 Å². The summed E-state index contributed by atoms with van der Waals surface area (Å²) in [5.74, 6) is 0.892. The Morgan fingerprint density at radius 1 is 1.15 bits per heavy atom. The Kier molecular flexibility index (Phi) is 3.42. The molecule has 0 heterocycles. The summed E-state index contributed by atoms with van der Waals surface area (Å²) < 4.78 is 56.4. The van der Waals surface area contributed by atoms with Gasteiger partial charge in [0.15, 0.2) is 0 Å². The minimum absolute atomic E-state index is 0.189. The third-order valence-electron chi connectivity index (χ3n) is 4.67. The lowest BCUT2D eigenvalue weighted by atomic mass is 9.80. The van der Waals surface area contributed by atoms with Crippen molar-refractivity contribution in [1.82, 2.24) is 0 Å². The van der Waals surface area contributed by atoms with Crippen molar-refractivity contribution in [2.75, 3.05) is 6.61 Å². The van der Waals surface area contributed by atoms with Crippen LogP contribution in [0.1, 0.15) is 25.7 Å². The van der Waals surface area contributed by atoms with Crippen LogP contribution < -0.4 is 10.2 Å². The van der Waals surface area contributed by atoms with E-state index in [2.05, 4.69) is 0 Å². The van der Waals surface area contributed by atoms with Crippen LogP contribution in [0.4, 0.5) is 17.3 Å². The van der Waals surface area contributed by atoms with Crippen molar-refractivity contribution in [3.8, 4) is 5.75 Å². The van der Waals surface area contributed by atoms with Gasteiger partial charge < -0.3 is 17.7 Å². The molecule has 0 aliphatic heterocycles. The van der Waals surface area contributed by atoms with E-state index in [1.807, 2.05) is 0 Å². The van der Waals surface area contributed by atoms with Gasteiger partial charge in [0.2, 0.25) is 0 Å². The maximum atomic E-state index is 13.4. The molecule has 2 bridgehead atoms. The number of hydrogen-bond donors (Lipinski definition) is 0. The first kappa shape index (κ1) is 13.8. The van der Waals surface area contributed by atoms with Gasteiger partial charge in [0.05, 0.1) is 12.4 Å². The summed E-state index contributed by atoms with van der Waals surface area (Å²) in [5, 5.41) is 0. The van der Waals surface area contributed by atoms with Crippen molar-refractivity contribution in [2.24, 2.45) is 17.8 Å². The standard InChI is InChI=1S/C14H16BF4O/c16-14-7-12(3-4-13(14)15(17,18)19)20-8-11-6-9-1-2-10(11)5-9/h3-4,7,9-11H,1-2,5-6,8H2/q-1. The molecule has 20 heavy (non-hydrogen) atoms. The van der Waals surface area contributed by atoms with Crippen LogP contribution in [0.2, 0.25) is 0 Å². The molecular weight excluding hydrogens is 271 g/mol. The fraction of sp³-hybridized carbons (Fsp3) is 0.571. The molecule has 1 aromatic carbocycles. The first-order valence-electron chi connectivity index (χ1n) is 7.05. The average Bonchev–Trinajstić information content (AvgIpc) is 2.96. The van der Waals surface area contributed by atoms with E-state index in [0.717, 1.165) is 24.5 Å².